The van der Waals surface area contributed by atoms with E-state index in [0.717, 1.165) is 25.9 Å². The summed E-state index contributed by atoms with van der Waals surface area (Å²) in [6.45, 7) is 8.12. The fourth-order valence-corrected chi connectivity index (χ4v) is 2.14. The van der Waals surface area contributed by atoms with Crippen molar-refractivity contribution in [3.8, 4) is 0 Å². The van der Waals surface area contributed by atoms with Crippen LogP contribution in [0.3, 0.4) is 0 Å². The second-order valence-corrected chi connectivity index (χ2v) is 5.99. The number of oxime groups is 1. The molecule has 0 bridgehead atoms. The number of nitrogens with two attached hydrogens (primary N) is 1. The van der Waals surface area contributed by atoms with Gasteiger partial charge in [-0.2, -0.15) is 0 Å². The summed E-state index contributed by atoms with van der Waals surface area (Å²) in [5.41, 5.74) is 6.78. The lowest BCUT2D eigenvalue weighted by atomic mass is 9.86. The Morgan fingerprint density at radius 1 is 1.35 bits per heavy atom. The van der Waals surface area contributed by atoms with E-state index in [-0.39, 0.29) is 5.41 Å². The Balaban J connectivity index is 2.23. The third-order valence-corrected chi connectivity index (χ3v) is 3.78. The van der Waals surface area contributed by atoms with Crippen molar-refractivity contribution in [2.75, 3.05) is 13.1 Å². The van der Waals surface area contributed by atoms with E-state index in [4.69, 9.17) is 10.9 Å². The van der Waals surface area contributed by atoms with Crippen molar-refractivity contribution >= 4 is 5.84 Å². The molecule has 4 N–H and O–H groups in total. The topological polar surface area (TPSA) is 70.6 Å². The molecule has 1 aromatic rings. The molecular formula is C16H27N3O. The maximum absolute atomic E-state index is 8.72. The molecular weight excluding hydrogens is 250 g/mol. The smallest absolute Gasteiger partial charge is 0.144 e. The molecule has 0 radical (unpaired) electrons. The summed E-state index contributed by atoms with van der Waals surface area (Å²) in [6.07, 6.45) is 1.90. The van der Waals surface area contributed by atoms with Crippen LogP contribution in [0.15, 0.2) is 35.5 Å². The summed E-state index contributed by atoms with van der Waals surface area (Å²) in [6, 6.07) is 10.5. The highest BCUT2D eigenvalue weighted by molar-refractivity contribution is 5.85. The van der Waals surface area contributed by atoms with Crippen LogP contribution in [0.1, 0.15) is 45.1 Å². The maximum atomic E-state index is 8.72. The van der Waals surface area contributed by atoms with Crippen molar-refractivity contribution in [1.82, 2.24) is 5.32 Å². The summed E-state index contributed by atoms with van der Waals surface area (Å²) in [5, 5.41) is 15.3. The van der Waals surface area contributed by atoms with E-state index >= 15 is 0 Å². The van der Waals surface area contributed by atoms with Crippen LogP contribution in [0.2, 0.25) is 0 Å². The molecule has 0 saturated carbocycles. The molecule has 1 rings (SSSR count). The minimum Gasteiger partial charge on any atom is -0.409 e. The fraction of sp³-hybridized carbons (Fsp3) is 0.562. The van der Waals surface area contributed by atoms with Crippen LogP contribution in [-0.4, -0.2) is 24.1 Å². The van der Waals surface area contributed by atoms with Crippen molar-refractivity contribution in [1.29, 1.82) is 0 Å². The normalized spacial score (nSPS) is 14.2. The molecule has 0 heterocycles. The number of benzene rings is 1. The number of hydrogen-bond acceptors (Lipinski definition) is 3. The first kappa shape index (κ1) is 16.5. The van der Waals surface area contributed by atoms with Gasteiger partial charge in [0.15, 0.2) is 0 Å². The Labute approximate surface area is 122 Å². The van der Waals surface area contributed by atoms with Crippen molar-refractivity contribution in [3.63, 3.8) is 0 Å². The molecule has 4 heteroatoms. The van der Waals surface area contributed by atoms with Gasteiger partial charge in [-0.1, -0.05) is 56.3 Å². The number of rotatable bonds is 8. The first-order valence-corrected chi connectivity index (χ1v) is 7.21. The standard InChI is InChI=1S/C16H27N3O/c1-13(14-8-5-4-6-9-14)12-18-11-7-10-16(2,3)15(17)19-20/h4-6,8-9,13,18,20H,7,10-12H2,1-3H3,(H2,17,19). The lowest BCUT2D eigenvalue weighted by molar-refractivity contribution is 0.304. The second-order valence-electron chi connectivity index (χ2n) is 5.99. The van der Waals surface area contributed by atoms with Crippen LogP contribution in [0.25, 0.3) is 0 Å². The number of nitrogens with zero attached hydrogens (tertiary/aromatic N) is 1. The molecule has 0 aliphatic heterocycles. The van der Waals surface area contributed by atoms with Gasteiger partial charge < -0.3 is 16.3 Å². The average molecular weight is 277 g/mol. The third-order valence-electron chi connectivity index (χ3n) is 3.78. The first-order chi connectivity index (χ1) is 9.47. The van der Waals surface area contributed by atoms with Crippen LogP contribution < -0.4 is 11.1 Å². The maximum Gasteiger partial charge on any atom is 0.144 e. The van der Waals surface area contributed by atoms with Crippen molar-refractivity contribution in [3.05, 3.63) is 35.9 Å². The summed E-state index contributed by atoms with van der Waals surface area (Å²) >= 11 is 0. The van der Waals surface area contributed by atoms with Gasteiger partial charge in [-0.25, -0.2) is 0 Å². The Morgan fingerprint density at radius 3 is 2.60 bits per heavy atom. The summed E-state index contributed by atoms with van der Waals surface area (Å²) in [5.74, 6) is 0.809. The van der Waals surface area contributed by atoms with E-state index in [2.05, 4.69) is 41.7 Å². The first-order valence-electron chi connectivity index (χ1n) is 7.21. The molecule has 0 amide bonds. The molecule has 20 heavy (non-hydrogen) atoms. The lowest BCUT2D eigenvalue weighted by Gasteiger charge is -2.22. The molecule has 0 spiro atoms. The third kappa shape index (κ3) is 5.21. The van der Waals surface area contributed by atoms with Crippen LogP contribution in [0.5, 0.6) is 0 Å². The number of hydrogen-bond donors (Lipinski definition) is 3. The van der Waals surface area contributed by atoms with Crippen LogP contribution in [0, 0.1) is 5.41 Å². The average Bonchev–Trinajstić information content (AvgIpc) is 2.46. The second kappa shape index (κ2) is 7.90. The van der Waals surface area contributed by atoms with Crippen molar-refractivity contribution in [2.45, 2.75) is 39.5 Å². The van der Waals surface area contributed by atoms with Gasteiger partial charge >= 0.3 is 0 Å². The number of nitrogens with one attached hydrogen (secondary N) is 1. The molecule has 1 aromatic carbocycles. The molecule has 0 aromatic heterocycles. The van der Waals surface area contributed by atoms with Crippen molar-refractivity contribution < 1.29 is 5.21 Å². The van der Waals surface area contributed by atoms with Gasteiger partial charge in [0, 0.05) is 12.0 Å². The minimum atomic E-state index is -0.249. The van der Waals surface area contributed by atoms with E-state index in [1.54, 1.807) is 0 Å². The molecule has 0 aliphatic carbocycles. The Kier molecular flexibility index (Phi) is 6.52. The van der Waals surface area contributed by atoms with Gasteiger partial charge in [-0.05, 0) is 30.9 Å². The number of amidine groups is 1. The van der Waals surface area contributed by atoms with Gasteiger partial charge in [0.05, 0.1) is 0 Å². The highest BCUT2D eigenvalue weighted by Crippen LogP contribution is 2.22. The predicted molar refractivity (Wildman–Crippen MR) is 84.2 cm³/mol. The summed E-state index contributed by atoms with van der Waals surface area (Å²) in [7, 11) is 0. The van der Waals surface area contributed by atoms with Gasteiger partial charge in [0.2, 0.25) is 0 Å². The van der Waals surface area contributed by atoms with Crippen LogP contribution >= 0.6 is 0 Å². The molecule has 112 valence electrons. The summed E-state index contributed by atoms with van der Waals surface area (Å²) in [4.78, 5) is 0. The zero-order valence-corrected chi connectivity index (χ0v) is 12.8. The Hall–Kier alpha value is -1.55. The highest BCUT2D eigenvalue weighted by atomic mass is 16.4. The monoisotopic (exact) mass is 277 g/mol. The quantitative estimate of drug-likeness (QED) is 0.225. The largest absolute Gasteiger partial charge is 0.409 e. The van der Waals surface area contributed by atoms with E-state index in [1.807, 2.05) is 19.9 Å². The van der Waals surface area contributed by atoms with E-state index in [1.165, 1.54) is 5.56 Å². The Bertz CT molecular complexity index is 415. The molecule has 1 unspecified atom stereocenters. The molecule has 0 aliphatic rings. The molecule has 0 saturated heterocycles. The molecule has 4 nitrogen and oxygen atoms in total. The molecule has 0 fully saturated rings. The zero-order chi connectivity index (χ0) is 15.0. The van der Waals surface area contributed by atoms with E-state index in [9.17, 15) is 0 Å². The Morgan fingerprint density at radius 2 is 2.00 bits per heavy atom. The minimum absolute atomic E-state index is 0.249. The SMILES string of the molecule is CC(CNCCCC(C)(C)/C(N)=N/O)c1ccccc1. The summed E-state index contributed by atoms with van der Waals surface area (Å²) < 4.78 is 0. The van der Waals surface area contributed by atoms with Crippen LogP contribution in [-0.2, 0) is 0 Å². The highest BCUT2D eigenvalue weighted by Gasteiger charge is 2.22. The zero-order valence-electron chi connectivity index (χ0n) is 12.8. The predicted octanol–water partition coefficient (Wildman–Crippen LogP) is 2.93. The van der Waals surface area contributed by atoms with Gasteiger partial charge in [0.25, 0.3) is 0 Å². The van der Waals surface area contributed by atoms with Crippen LogP contribution in [0.4, 0.5) is 0 Å². The van der Waals surface area contributed by atoms with Gasteiger partial charge in [0.1, 0.15) is 5.84 Å². The van der Waals surface area contributed by atoms with E-state index in [0.29, 0.717) is 11.8 Å². The van der Waals surface area contributed by atoms with Crippen molar-refractivity contribution in [2.24, 2.45) is 16.3 Å². The van der Waals surface area contributed by atoms with Gasteiger partial charge in [-0.15, -0.1) is 0 Å². The lowest BCUT2D eigenvalue weighted by Crippen LogP contribution is -2.33. The fourth-order valence-electron chi connectivity index (χ4n) is 2.14. The molecule has 1 atom stereocenters. The van der Waals surface area contributed by atoms with E-state index < -0.39 is 0 Å². The van der Waals surface area contributed by atoms with Gasteiger partial charge in [-0.3, -0.25) is 0 Å².